The lowest BCUT2D eigenvalue weighted by atomic mass is 10.0. The summed E-state index contributed by atoms with van der Waals surface area (Å²) in [6.07, 6.45) is -5.15. The molecule has 1 aromatic rings. The van der Waals surface area contributed by atoms with Crippen molar-refractivity contribution >= 4 is 23.5 Å². The van der Waals surface area contributed by atoms with Crippen LogP contribution >= 0.6 is 11.6 Å². The van der Waals surface area contributed by atoms with Gasteiger partial charge in [-0.2, -0.15) is 13.2 Å². The highest BCUT2D eigenvalue weighted by molar-refractivity contribution is 6.30. The van der Waals surface area contributed by atoms with Gasteiger partial charge in [-0.1, -0.05) is 17.7 Å². The summed E-state index contributed by atoms with van der Waals surface area (Å²) in [5, 5.41) is 10.4. The second-order valence-electron chi connectivity index (χ2n) is 4.22. The lowest BCUT2D eigenvalue weighted by Gasteiger charge is -2.28. The summed E-state index contributed by atoms with van der Waals surface area (Å²) in [5.41, 5.74) is -3.39. The van der Waals surface area contributed by atoms with E-state index < -0.39 is 30.2 Å². The second-order valence-corrected chi connectivity index (χ2v) is 4.66. The molecule has 1 amide bonds. The number of ether oxygens (including phenoxy) is 1. The van der Waals surface area contributed by atoms with Crippen LogP contribution in [0.1, 0.15) is 6.92 Å². The maximum atomic E-state index is 12.7. The molecule has 1 unspecified atom stereocenters. The number of carboxylic acid groups (broad SMARTS) is 1. The third-order valence-corrected chi connectivity index (χ3v) is 2.79. The fraction of sp³-hybridized carbons (Fsp3) is 0.333. The van der Waals surface area contributed by atoms with Gasteiger partial charge in [0.2, 0.25) is 5.54 Å². The molecule has 5 nitrogen and oxygen atoms in total. The van der Waals surface area contributed by atoms with E-state index in [0.717, 1.165) is 0 Å². The van der Waals surface area contributed by atoms with E-state index in [1.807, 2.05) is 0 Å². The standard InChI is InChI=1S/C12H11ClF3NO4/c1-11(10(19)20,12(14,15)16)17-9(18)6-21-8-4-2-3-7(13)5-8/h2-5H,6H2,1H3,(H,17,18)(H,19,20). The van der Waals surface area contributed by atoms with Gasteiger partial charge in [-0.25, -0.2) is 4.79 Å². The molecule has 0 spiro atoms. The molecule has 0 aliphatic carbocycles. The number of halogens is 4. The smallest absolute Gasteiger partial charge is 0.422 e. The summed E-state index contributed by atoms with van der Waals surface area (Å²) in [6, 6.07) is 5.86. The van der Waals surface area contributed by atoms with Crippen molar-refractivity contribution in [2.75, 3.05) is 6.61 Å². The number of nitrogens with one attached hydrogen (secondary N) is 1. The molecule has 0 aliphatic rings. The number of amides is 1. The van der Waals surface area contributed by atoms with Crippen molar-refractivity contribution in [3.63, 3.8) is 0 Å². The van der Waals surface area contributed by atoms with Gasteiger partial charge in [0.25, 0.3) is 5.91 Å². The highest BCUT2D eigenvalue weighted by Crippen LogP contribution is 2.30. The van der Waals surface area contributed by atoms with Crippen LogP contribution in [0.3, 0.4) is 0 Å². The van der Waals surface area contributed by atoms with Crippen LogP contribution in [0.5, 0.6) is 5.75 Å². The number of hydrogen-bond donors (Lipinski definition) is 2. The third-order valence-electron chi connectivity index (χ3n) is 2.55. The molecule has 0 heterocycles. The van der Waals surface area contributed by atoms with Gasteiger partial charge in [0.15, 0.2) is 6.61 Å². The van der Waals surface area contributed by atoms with Gasteiger partial charge in [0.1, 0.15) is 5.75 Å². The zero-order chi connectivity index (χ0) is 16.3. The number of benzene rings is 1. The van der Waals surface area contributed by atoms with Gasteiger partial charge in [-0.3, -0.25) is 4.79 Å². The molecule has 0 radical (unpaired) electrons. The van der Waals surface area contributed by atoms with Crippen molar-refractivity contribution in [2.24, 2.45) is 0 Å². The van der Waals surface area contributed by atoms with E-state index >= 15 is 0 Å². The molecule has 2 N–H and O–H groups in total. The Kier molecular flexibility index (Phi) is 5.06. The van der Waals surface area contributed by atoms with Gasteiger partial charge < -0.3 is 15.2 Å². The Labute approximate surface area is 122 Å². The van der Waals surface area contributed by atoms with E-state index in [9.17, 15) is 22.8 Å². The predicted molar refractivity (Wildman–Crippen MR) is 67.2 cm³/mol. The fourth-order valence-corrected chi connectivity index (χ4v) is 1.45. The topological polar surface area (TPSA) is 75.6 Å². The molecule has 0 fully saturated rings. The number of carboxylic acids is 1. The summed E-state index contributed by atoms with van der Waals surface area (Å²) in [7, 11) is 0. The molecule has 21 heavy (non-hydrogen) atoms. The molecule has 0 aromatic heterocycles. The zero-order valence-corrected chi connectivity index (χ0v) is 11.5. The summed E-state index contributed by atoms with van der Waals surface area (Å²) in [4.78, 5) is 22.2. The number of carbonyl (C=O) groups excluding carboxylic acids is 1. The quantitative estimate of drug-likeness (QED) is 0.870. The average molecular weight is 326 g/mol. The van der Waals surface area contributed by atoms with Crippen molar-refractivity contribution in [3.05, 3.63) is 29.3 Å². The van der Waals surface area contributed by atoms with E-state index in [4.69, 9.17) is 21.4 Å². The highest BCUT2D eigenvalue weighted by Gasteiger charge is 2.58. The molecule has 0 saturated carbocycles. The van der Waals surface area contributed by atoms with Crippen molar-refractivity contribution in [1.29, 1.82) is 0 Å². The monoisotopic (exact) mass is 325 g/mol. The van der Waals surface area contributed by atoms with Gasteiger partial charge in [-0.05, 0) is 25.1 Å². The minimum Gasteiger partial charge on any atom is -0.484 e. The summed E-state index contributed by atoms with van der Waals surface area (Å²) in [6.45, 7) is -0.425. The van der Waals surface area contributed by atoms with Crippen LogP contribution in [-0.2, 0) is 9.59 Å². The Morgan fingerprint density at radius 3 is 2.48 bits per heavy atom. The number of hydrogen-bond acceptors (Lipinski definition) is 3. The fourth-order valence-electron chi connectivity index (χ4n) is 1.27. The SMILES string of the molecule is CC(NC(=O)COc1cccc(Cl)c1)(C(=O)O)C(F)(F)F. The molecule has 1 aromatic carbocycles. The molecular weight excluding hydrogens is 315 g/mol. The predicted octanol–water partition coefficient (Wildman–Crippen LogP) is 2.24. The largest absolute Gasteiger partial charge is 0.484 e. The Hall–Kier alpha value is -1.96. The Balaban J connectivity index is 2.70. The van der Waals surface area contributed by atoms with Gasteiger partial charge in [-0.15, -0.1) is 0 Å². The van der Waals surface area contributed by atoms with Crippen LogP contribution in [0.4, 0.5) is 13.2 Å². The Bertz CT molecular complexity index is 550. The van der Waals surface area contributed by atoms with Crippen molar-refractivity contribution < 1.29 is 32.6 Å². The van der Waals surface area contributed by atoms with Crippen LogP contribution in [-0.4, -0.2) is 35.3 Å². The van der Waals surface area contributed by atoms with Crippen LogP contribution in [0.15, 0.2) is 24.3 Å². The summed E-state index contributed by atoms with van der Waals surface area (Å²) in [5.74, 6) is -3.27. The molecule has 116 valence electrons. The highest BCUT2D eigenvalue weighted by atomic mass is 35.5. The average Bonchev–Trinajstić information content (AvgIpc) is 2.34. The minimum absolute atomic E-state index is 0.168. The van der Waals surface area contributed by atoms with E-state index in [1.54, 1.807) is 6.07 Å². The van der Waals surface area contributed by atoms with E-state index in [0.29, 0.717) is 11.9 Å². The van der Waals surface area contributed by atoms with Gasteiger partial charge in [0.05, 0.1) is 0 Å². The number of aliphatic carboxylic acids is 1. The number of carbonyl (C=O) groups is 2. The van der Waals surface area contributed by atoms with E-state index in [-0.39, 0.29) is 5.75 Å². The molecule has 0 saturated heterocycles. The molecule has 0 bridgehead atoms. The molecule has 9 heteroatoms. The van der Waals surface area contributed by atoms with Crippen molar-refractivity contribution in [2.45, 2.75) is 18.6 Å². The Morgan fingerprint density at radius 1 is 1.38 bits per heavy atom. The number of alkyl halides is 3. The molecule has 0 aliphatic heterocycles. The van der Waals surface area contributed by atoms with E-state index in [2.05, 4.69) is 0 Å². The first-order valence-corrected chi connectivity index (χ1v) is 5.93. The molecular formula is C12H11ClF3NO4. The first-order valence-electron chi connectivity index (χ1n) is 5.56. The summed E-state index contributed by atoms with van der Waals surface area (Å²) >= 11 is 5.66. The van der Waals surface area contributed by atoms with Gasteiger partial charge >= 0.3 is 12.1 Å². The minimum atomic E-state index is -5.15. The first kappa shape index (κ1) is 17.1. The van der Waals surface area contributed by atoms with Crippen LogP contribution < -0.4 is 10.1 Å². The maximum Gasteiger partial charge on any atom is 0.422 e. The van der Waals surface area contributed by atoms with Gasteiger partial charge in [0, 0.05) is 5.02 Å². The number of rotatable bonds is 5. The van der Waals surface area contributed by atoms with Crippen molar-refractivity contribution in [3.8, 4) is 5.75 Å². The Morgan fingerprint density at radius 2 is 2.00 bits per heavy atom. The van der Waals surface area contributed by atoms with Crippen molar-refractivity contribution in [1.82, 2.24) is 5.32 Å². The maximum absolute atomic E-state index is 12.7. The van der Waals surface area contributed by atoms with Crippen LogP contribution in [0.2, 0.25) is 5.02 Å². The lowest BCUT2D eigenvalue weighted by Crippen LogP contribution is -2.62. The normalized spacial score (nSPS) is 14.1. The zero-order valence-electron chi connectivity index (χ0n) is 10.7. The molecule has 1 atom stereocenters. The third kappa shape index (κ3) is 4.25. The van der Waals surface area contributed by atoms with Crippen LogP contribution in [0, 0.1) is 0 Å². The lowest BCUT2D eigenvalue weighted by molar-refractivity contribution is -0.207. The van der Waals surface area contributed by atoms with E-state index in [1.165, 1.54) is 23.5 Å². The second kappa shape index (κ2) is 6.21. The van der Waals surface area contributed by atoms with Crippen LogP contribution in [0.25, 0.3) is 0 Å². The molecule has 1 rings (SSSR count). The first-order chi connectivity index (χ1) is 9.56. The summed E-state index contributed by atoms with van der Waals surface area (Å²) < 4.78 is 43.0.